The molecule has 0 saturated carbocycles. The number of aryl methyl sites for hydroxylation is 3. The number of piperidine rings is 1. The summed E-state index contributed by atoms with van der Waals surface area (Å²) in [6.07, 6.45) is 4.21. The monoisotopic (exact) mass is 412 g/mol. The normalized spacial score (nSPS) is 20.9. The number of likely N-dealkylation sites (tertiary alicyclic amines) is 1. The van der Waals surface area contributed by atoms with Crippen LogP contribution >= 0.6 is 0 Å². The van der Waals surface area contributed by atoms with E-state index in [2.05, 4.69) is 11.1 Å². The van der Waals surface area contributed by atoms with E-state index in [4.69, 9.17) is 4.74 Å². The smallest absolute Gasteiger partial charge is 0.409 e. The third-order valence-electron chi connectivity index (χ3n) is 6.14. The van der Waals surface area contributed by atoms with Crippen LogP contribution in [-0.4, -0.2) is 35.7 Å². The van der Waals surface area contributed by atoms with E-state index in [1.165, 1.54) is 0 Å². The second-order valence-electron chi connectivity index (χ2n) is 7.84. The van der Waals surface area contributed by atoms with Crippen LogP contribution in [0.25, 0.3) is 0 Å². The molecule has 162 valence electrons. The summed E-state index contributed by atoms with van der Waals surface area (Å²) in [4.78, 5) is 18.3. The highest BCUT2D eigenvalue weighted by atomic mass is 19.1. The quantitative estimate of drug-likeness (QED) is 0.645. The van der Waals surface area contributed by atoms with Gasteiger partial charge in [0.2, 0.25) is 0 Å². The van der Waals surface area contributed by atoms with E-state index in [1.54, 1.807) is 18.0 Å². The van der Waals surface area contributed by atoms with Gasteiger partial charge in [-0.25, -0.2) is 9.18 Å². The number of aromatic nitrogens is 1. The molecule has 1 aliphatic carbocycles. The predicted molar refractivity (Wildman–Crippen MR) is 117 cm³/mol. The summed E-state index contributed by atoms with van der Waals surface area (Å²) in [5.41, 5.74) is 2.91. The van der Waals surface area contributed by atoms with Crippen LogP contribution in [0, 0.1) is 12.8 Å². The molecule has 4 nitrogen and oxygen atoms in total. The zero-order valence-electron chi connectivity index (χ0n) is 18.6. The van der Waals surface area contributed by atoms with Crippen LogP contribution in [0.4, 0.5) is 9.18 Å². The van der Waals surface area contributed by atoms with Gasteiger partial charge in [-0.2, -0.15) is 0 Å². The summed E-state index contributed by atoms with van der Waals surface area (Å²) >= 11 is 0. The van der Waals surface area contributed by atoms with Gasteiger partial charge in [-0.05, 0) is 62.3 Å². The summed E-state index contributed by atoms with van der Waals surface area (Å²) in [6.45, 7) is 9.23. The molecular formula is C25H33FN2O2. The fourth-order valence-corrected chi connectivity index (χ4v) is 4.74. The van der Waals surface area contributed by atoms with E-state index >= 15 is 4.39 Å². The van der Waals surface area contributed by atoms with Crippen molar-refractivity contribution in [1.82, 2.24) is 9.88 Å². The van der Waals surface area contributed by atoms with Gasteiger partial charge >= 0.3 is 6.09 Å². The molecule has 1 amide bonds. The summed E-state index contributed by atoms with van der Waals surface area (Å²) < 4.78 is 22.2. The summed E-state index contributed by atoms with van der Waals surface area (Å²) in [5.74, 6) is -0.216. The van der Waals surface area contributed by atoms with Crippen molar-refractivity contribution in [3.63, 3.8) is 0 Å². The number of ether oxygens (including phenoxy) is 1. The van der Waals surface area contributed by atoms with E-state index in [0.29, 0.717) is 38.2 Å². The number of nitrogens with zero attached hydrogens (tertiary/aromatic N) is 2. The Morgan fingerprint density at radius 3 is 2.60 bits per heavy atom. The fourth-order valence-electron chi connectivity index (χ4n) is 4.74. The number of hydrogen-bond acceptors (Lipinski definition) is 3. The largest absolute Gasteiger partial charge is 0.450 e. The molecular weight excluding hydrogens is 379 g/mol. The molecule has 0 spiro atoms. The van der Waals surface area contributed by atoms with Gasteiger partial charge in [0.05, 0.1) is 12.3 Å². The standard InChI is InChI=1S/C23H27FN2O2.C2H6/c1-3-28-22(27)26-13-10-19(11-14-26)23(24)20-9-6-16(2)15-18(20)8-7-17-5-4-12-25-21(17)23;1-2/h4-6,9,12,15,19H,3,7-8,10-11,13-14H2,1-2H3;1-2H3. The van der Waals surface area contributed by atoms with Gasteiger partial charge in [0, 0.05) is 25.2 Å². The first-order chi connectivity index (χ1) is 14.5. The molecule has 1 aliphatic heterocycles. The van der Waals surface area contributed by atoms with Crippen molar-refractivity contribution >= 4 is 6.09 Å². The van der Waals surface area contributed by atoms with Crippen LogP contribution in [0.5, 0.6) is 0 Å². The van der Waals surface area contributed by atoms with Gasteiger partial charge in [0.15, 0.2) is 5.67 Å². The van der Waals surface area contributed by atoms with Crippen LogP contribution < -0.4 is 0 Å². The SMILES string of the molecule is CC.CCOC(=O)N1CCC(C2(F)c3ccc(C)cc3CCc3cccnc32)CC1. The molecule has 0 N–H and O–H groups in total. The molecule has 1 unspecified atom stereocenters. The predicted octanol–water partition coefficient (Wildman–Crippen LogP) is 5.60. The van der Waals surface area contributed by atoms with Crippen molar-refractivity contribution in [2.24, 2.45) is 5.92 Å². The Kier molecular flexibility index (Phi) is 7.11. The van der Waals surface area contributed by atoms with E-state index in [9.17, 15) is 4.79 Å². The lowest BCUT2D eigenvalue weighted by Gasteiger charge is -2.40. The highest BCUT2D eigenvalue weighted by Gasteiger charge is 2.48. The number of hydrogen-bond donors (Lipinski definition) is 0. The Morgan fingerprint density at radius 1 is 1.20 bits per heavy atom. The second kappa shape index (κ2) is 9.59. The number of halogens is 1. The van der Waals surface area contributed by atoms with Gasteiger partial charge in [-0.3, -0.25) is 4.98 Å². The first-order valence-electron chi connectivity index (χ1n) is 11.2. The maximum Gasteiger partial charge on any atom is 0.409 e. The van der Waals surface area contributed by atoms with Gasteiger partial charge < -0.3 is 9.64 Å². The number of carbonyl (C=O) groups excluding carboxylic acids is 1. The van der Waals surface area contributed by atoms with Crippen LogP contribution in [0.15, 0.2) is 36.5 Å². The van der Waals surface area contributed by atoms with Crippen LogP contribution in [0.1, 0.15) is 61.6 Å². The van der Waals surface area contributed by atoms with Crippen molar-refractivity contribution in [3.8, 4) is 0 Å². The van der Waals surface area contributed by atoms with E-state index in [-0.39, 0.29) is 12.0 Å². The molecule has 1 aromatic heterocycles. The summed E-state index contributed by atoms with van der Waals surface area (Å²) in [7, 11) is 0. The summed E-state index contributed by atoms with van der Waals surface area (Å²) in [6, 6.07) is 9.96. The number of rotatable bonds is 2. The average molecular weight is 413 g/mol. The van der Waals surface area contributed by atoms with Crippen molar-refractivity contribution in [2.75, 3.05) is 19.7 Å². The third kappa shape index (κ3) is 4.07. The fraction of sp³-hybridized carbons (Fsp3) is 0.520. The molecule has 0 bridgehead atoms. The lowest BCUT2D eigenvalue weighted by atomic mass is 9.73. The Bertz CT molecular complexity index is 877. The van der Waals surface area contributed by atoms with Crippen molar-refractivity contribution in [3.05, 3.63) is 64.5 Å². The maximum absolute atomic E-state index is 17.1. The van der Waals surface area contributed by atoms with E-state index in [0.717, 1.165) is 35.1 Å². The lowest BCUT2D eigenvalue weighted by Crippen LogP contribution is -2.45. The van der Waals surface area contributed by atoms with E-state index in [1.807, 2.05) is 45.0 Å². The van der Waals surface area contributed by atoms with Crippen molar-refractivity contribution in [2.45, 2.75) is 59.0 Å². The van der Waals surface area contributed by atoms with Gasteiger partial charge in [-0.15, -0.1) is 0 Å². The van der Waals surface area contributed by atoms with Gasteiger partial charge in [0.25, 0.3) is 0 Å². The first-order valence-corrected chi connectivity index (χ1v) is 11.2. The number of carbonyl (C=O) groups is 1. The molecule has 30 heavy (non-hydrogen) atoms. The minimum absolute atomic E-state index is 0.216. The van der Waals surface area contributed by atoms with Crippen molar-refractivity contribution in [1.29, 1.82) is 0 Å². The molecule has 1 fully saturated rings. The minimum atomic E-state index is -1.63. The molecule has 4 rings (SSSR count). The Labute approximate surface area is 179 Å². The number of benzene rings is 1. The molecule has 1 atom stereocenters. The number of pyridine rings is 1. The van der Waals surface area contributed by atoms with Crippen LogP contribution in [-0.2, 0) is 23.2 Å². The first kappa shape index (κ1) is 22.3. The number of alkyl halides is 1. The molecule has 2 aromatic rings. The minimum Gasteiger partial charge on any atom is -0.450 e. The lowest BCUT2D eigenvalue weighted by molar-refractivity contribution is 0.0476. The molecule has 2 aliphatic rings. The summed E-state index contributed by atoms with van der Waals surface area (Å²) in [5, 5.41) is 0. The molecule has 2 heterocycles. The Morgan fingerprint density at radius 2 is 1.90 bits per heavy atom. The maximum atomic E-state index is 17.1. The van der Waals surface area contributed by atoms with E-state index < -0.39 is 5.67 Å². The average Bonchev–Trinajstić information content (AvgIpc) is 2.91. The number of amides is 1. The zero-order valence-corrected chi connectivity index (χ0v) is 18.6. The highest BCUT2D eigenvalue weighted by molar-refractivity contribution is 5.67. The molecule has 1 saturated heterocycles. The number of fused-ring (bicyclic) bond motifs is 2. The third-order valence-corrected chi connectivity index (χ3v) is 6.14. The second-order valence-corrected chi connectivity index (χ2v) is 7.84. The Hall–Kier alpha value is -2.43. The topological polar surface area (TPSA) is 42.4 Å². The van der Waals surface area contributed by atoms with Gasteiger partial charge in [-0.1, -0.05) is 43.7 Å². The van der Waals surface area contributed by atoms with Gasteiger partial charge in [0.1, 0.15) is 0 Å². The Balaban J connectivity index is 0.00000124. The van der Waals surface area contributed by atoms with Crippen LogP contribution in [0.2, 0.25) is 0 Å². The van der Waals surface area contributed by atoms with Crippen molar-refractivity contribution < 1.29 is 13.9 Å². The van der Waals surface area contributed by atoms with Crippen LogP contribution in [0.3, 0.4) is 0 Å². The molecule has 0 radical (unpaired) electrons. The highest BCUT2D eigenvalue weighted by Crippen LogP contribution is 2.48. The zero-order chi connectivity index (χ0) is 21.7. The molecule has 5 heteroatoms. The molecule has 1 aromatic carbocycles.